The largest absolute Gasteiger partial charge is 0.497 e. The van der Waals surface area contributed by atoms with Gasteiger partial charge in [0, 0.05) is 18.7 Å². The lowest BCUT2D eigenvalue weighted by Gasteiger charge is -2.32. The smallest absolute Gasteiger partial charge is 0.251 e. The Morgan fingerprint density at radius 3 is 2.21 bits per heavy atom. The van der Waals surface area contributed by atoms with Crippen LogP contribution in [0.4, 0.5) is 0 Å². The van der Waals surface area contributed by atoms with Crippen molar-refractivity contribution in [3.63, 3.8) is 0 Å². The third-order valence-corrected chi connectivity index (χ3v) is 6.19. The topological polar surface area (TPSA) is 50.8 Å². The molecule has 1 amide bonds. The minimum absolute atomic E-state index is 0.00816. The summed E-state index contributed by atoms with van der Waals surface area (Å²) in [5, 5.41) is 3.12. The molecule has 0 unspecified atom stereocenters. The molecule has 0 radical (unpaired) electrons. The number of carbonyl (C=O) groups is 1. The van der Waals surface area contributed by atoms with Crippen LogP contribution in [0.1, 0.15) is 34.3 Å². The molecule has 3 aromatic rings. The number of likely N-dealkylation sites (tertiary alicyclic amines) is 1. The molecular formula is C28H32N2O3. The van der Waals surface area contributed by atoms with Crippen LogP contribution >= 0.6 is 0 Å². The maximum atomic E-state index is 12.6. The monoisotopic (exact) mass is 444 g/mol. The summed E-state index contributed by atoms with van der Waals surface area (Å²) in [5.74, 6) is 2.25. The molecule has 0 spiro atoms. The van der Waals surface area contributed by atoms with Crippen LogP contribution in [0.25, 0.3) is 0 Å². The van der Waals surface area contributed by atoms with Crippen LogP contribution in [0.5, 0.6) is 11.5 Å². The van der Waals surface area contributed by atoms with Crippen LogP contribution in [0.2, 0.25) is 0 Å². The average molecular weight is 445 g/mol. The normalized spacial score (nSPS) is 14.6. The number of benzene rings is 3. The second-order valence-electron chi connectivity index (χ2n) is 8.58. The zero-order chi connectivity index (χ0) is 22.9. The van der Waals surface area contributed by atoms with Crippen LogP contribution in [-0.2, 0) is 13.2 Å². The number of hydrogen-bond acceptors (Lipinski definition) is 4. The van der Waals surface area contributed by atoms with E-state index in [2.05, 4.69) is 22.3 Å². The molecule has 3 aromatic carbocycles. The molecule has 33 heavy (non-hydrogen) atoms. The van der Waals surface area contributed by atoms with Crippen LogP contribution < -0.4 is 14.8 Å². The second-order valence-corrected chi connectivity index (χ2v) is 8.58. The van der Waals surface area contributed by atoms with Crippen molar-refractivity contribution in [2.75, 3.05) is 26.7 Å². The Balaban J connectivity index is 1.17. The quantitative estimate of drug-likeness (QED) is 0.509. The van der Waals surface area contributed by atoms with Gasteiger partial charge in [0.1, 0.15) is 18.1 Å². The van der Waals surface area contributed by atoms with Gasteiger partial charge in [0.05, 0.1) is 7.11 Å². The number of amides is 1. The van der Waals surface area contributed by atoms with Crippen LogP contribution in [0.3, 0.4) is 0 Å². The third-order valence-electron chi connectivity index (χ3n) is 6.19. The SMILES string of the molecule is COc1ccc(CN2CCC(CNC(=O)c3ccc(COc4ccccc4)cc3)CC2)cc1. The number of methoxy groups -OCH3 is 1. The van der Waals surface area contributed by atoms with E-state index in [9.17, 15) is 4.79 Å². The molecule has 1 saturated heterocycles. The lowest BCUT2D eigenvalue weighted by atomic mass is 9.96. The molecule has 0 saturated carbocycles. The van der Waals surface area contributed by atoms with Crippen molar-refractivity contribution in [3.8, 4) is 11.5 Å². The summed E-state index contributed by atoms with van der Waals surface area (Å²) in [5.41, 5.74) is 3.04. The van der Waals surface area contributed by atoms with E-state index in [0.717, 1.165) is 56.1 Å². The first-order valence-electron chi connectivity index (χ1n) is 11.6. The minimum Gasteiger partial charge on any atom is -0.497 e. The molecule has 0 bridgehead atoms. The maximum Gasteiger partial charge on any atom is 0.251 e. The number of nitrogens with zero attached hydrogens (tertiary/aromatic N) is 1. The van der Waals surface area contributed by atoms with Gasteiger partial charge in [0.25, 0.3) is 5.91 Å². The average Bonchev–Trinajstić information content (AvgIpc) is 2.88. The van der Waals surface area contributed by atoms with E-state index in [0.29, 0.717) is 18.1 Å². The summed E-state index contributed by atoms with van der Waals surface area (Å²) >= 11 is 0. The number of carbonyl (C=O) groups excluding carboxylic acids is 1. The molecule has 4 rings (SSSR count). The first-order chi connectivity index (χ1) is 16.2. The van der Waals surface area contributed by atoms with Gasteiger partial charge in [0.15, 0.2) is 0 Å². The van der Waals surface area contributed by atoms with Gasteiger partial charge in [-0.15, -0.1) is 0 Å². The Morgan fingerprint density at radius 1 is 0.879 bits per heavy atom. The molecular weight excluding hydrogens is 412 g/mol. The van der Waals surface area contributed by atoms with Crippen LogP contribution in [0.15, 0.2) is 78.9 Å². The standard InChI is InChI=1S/C28H32N2O3/c1-32-26-13-9-23(10-14-26)20-30-17-15-22(16-18-30)19-29-28(31)25-11-7-24(8-12-25)21-33-27-5-3-2-4-6-27/h2-14,22H,15-21H2,1H3,(H,29,31). The van der Waals surface area contributed by atoms with Crippen LogP contribution in [-0.4, -0.2) is 37.6 Å². The number of rotatable bonds is 9. The van der Waals surface area contributed by atoms with Gasteiger partial charge >= 0.3 is 0 Å². The summed E-state index contributed by atoms with van der Waals surface area (Å²) in [6, 6.07) is 25.7. The predicted octanol–water partition coefficient (Wildman–Crippen LogP) is 4.92. The van der Waals surface area contributed by atoms with Gasteiger partial charge in [-0.05, 0) is 79.4 Å². The van der Waals surface area contributed by atoms with Gasteiger partial charge in [0.2, 0.25) is 0 Å². The molecule has 1 aliphatic heterocycles. The molecule has 172 valence electrons. The highest BCUT2D eigenvalue weighted by Gasteiger charge is 2.20. The highest BCUT2D eigenvalue weighted by atomic mass is 16.5. The molecule has 1 heterocycles. The molecule has 1 fully saturated rings. The first kappa shape index (κ1) is 22.9. The van der Waals surface area contributed by atoms with E-state index in [1.807, 2.05) is 66.7 Å². The molecule has 0 aromatic heterocycles. The Bertz CT molecular complexity index is 996. The number of hydrogen-bond donors (Lipinski definition) is 1. The van der Waals surface area contributed by atoms with Gasteiger partial charge in [-0.25, -0.2) is 0 Å². The highest BCUT2D eigenvalue weighted by Crippen LogP contribution is 2.20. The molecule has 0 aliphatic carbocycles. The molecule has 1 aliphatic rings. The molecule has 0 atom stereocenters. The van der Waals surface area contributed by atoms with Gasteiger partial charge in [-0.3, -0.25) is 9.69 Å². The summed E-state index contributed by atoms with van der Waals surface area (Å²) in [6.45, 7) is 4.30. The summed E-state index contributed by atoms with van der Waals surface area (Å²) in [4.78, 5) is 15.1. The zero-order valence-corrected chi connectivity index (χ0v) is 19.2. The molecule has 1 N–H and O–H groups in total. The zero-order valence-electron chi connectivity index (χ0n) is 19.2. The van der Waals surface area contributed by atoms with Crippen molar-refractivity contribution in [1.29, 1.82) is 0 Å². The second kappa shape index (κ2) is 11.5. The Morgan fingerprint density at radius 2 is 1.55 bits per heavy atom. The van der Waals surface area contributed by atoms with Crippen molar-refractivity contribution in [2.45, 2.75) is 26.0 Å². The van der Waals surface area contributed by atoms with E-state index in [1.165, 1.54) is 5.56 Å². The molecule has 5 nitrogen and oxygen atoms in total. The minimum atomic E-state index is -0.00816. The van der Waals surface area contributed by atoms with E-state index in [-0.39, 0.29) is 5.91 Å². The number of piperidine rings is 1. The summed E-state index contributed by atoms with van der Waals surface area (Å²) in [7, 11) is 1.69. The van der Waals surface area contributed by atoms with Crippen molar-refractivity contribution >= 4 is 5.91 Å². The number of para-hydroxylation sites is 1. The van der Waals surface area contributed by atoms with E-state index in [4.69, 9.17) is 9.47 Å². The van der Waals surface area contributed by atoms with E-state index in [1.54, 1.807) is 7.11 Å². The van der Waals surface area contributed by atoms with E-state index < -0.39 is 0 Å². The Labute approximate surface area is 196 Å². The van der Waals surface area contributed by atoms with Crippen molar-refractivity contribution in [2.24, 2.45) is 5.92 Å². The van der Waals surface area contributed by atoms with Crippen molar-refractivity contribution < 1.29 is 14.3 Å². The fraction of sp³-hybridized carbons (Fsp3) is 0.321. The van der Waals surface area contributed by atoms with Crippen LogP contribution in [0, 0.1) is 5.92 Å². The van der Waals surface area contributed by atoms with E-state index >= 15 is 0 Å². The van der Waals surface area contributed by atoms with Gasteiger partial charge in [-0.2, -0.15) is 0 Å². The number of ether oxygens (including phenoxy) is 2. The lowest BCUT2D eigenvalue weighted by molar-refractivity contribution is 0.0935. The summed E-state index contributed by atoms with van der Waals surface area (Å²) < 4.78 is 11.0. The fourth-order valence-electron chi connectivity index (χ4n) is 4.11. The maximum absolute atomic E-state index is 12.6. The van der Waals surface area contributed by atoms with Crippen molar-refractivity contribution in [1.82, 2.24) is 10.2 Å². The predicted molar refractivity (Wildman–Crippen MR) is 131 cm³/mol. The third kappa shape index (κ3) is 6.83. The Kier molecular flexibility index (Phi) is 7.99. The van der Waals surface area contributed by atoms with Crippen molar-refractivity contribution in [3.05, 3.63) is 95.6 Å². The highest BCUT2D eigenvalue weighted by molar-refractivity contribution is 5.94. The fourth-order valence-corrected chi connectivity index (χ4v) is 4.11. The molecule has 5 heteroatoms. The first-order valence-corrected chi connectivity index (χ1v) is 11.6. The Hall–Kier alpha value is -3.31. The number of nitrogens with one attached hydrogen (secondary N) is 1. The van der Waals surface area contributed by atoms with Gasteiger partial charge < -0.3 is 14.8 Å². The van der Waals surface area contributed by atoms with Gasteiger partial charge in [-0.1, -0.05) is 42.5 Å². The lowest BCUT2D eigenvalue weighted by Crippen LogP contribution is -2.38. The summed E-state index contributed by atoms with van der Waals surface area (Å²) in [6.07, 6.45) is 2.21.